The highest BCUT2D eigenvalue weighted by atomic mass is 19.1. The van der Waals surface area contributed by atoms with Gasteiger partial charge in [0.1, 0.15) is 11.7 Å². The van der Waals surface area contributed by atoms with Crippen LogP contribution in [0.15, 0.2) is 24.3 Å². The molecule has 1 aromatic carbocycles. The number of carbonyl (C=O) groups excluding carboxylic acids is 3. The molecule has 6 heteroatoms. The number of carbonyl (C=O) groups is 3. The Bertz CT molecular complexity index is 587. The second kappa shape index (κ2) is 6.03. The first-order chi connectivity index (χ1) is 9.97. The topological polar surface area (TPSA) is 63.7 Å². The van der Waals surface area contributed by atoms with Crippen LogP contribution in [0, 0.1) is 11.7 Å². The van der Waals surface area contributed by atoms with Gasteiger partial charge >= 0.3 is 5.97 Å². The Morgan fingerprint density at radius 1 is 1.38 bits per heavy atom. The van der Waals surface area contributed by atoms with Crippen molar-refractivity contribution in [1.29, 1.82) is 0 Å². The predicted octanol–water partition coefficient (Wildman–Crippen LogP) is 1.48. The van der Waals surface area contributed by atoms with E-state index in [0.29, 0.717) is 0 Å². The van der Waals surface area contributed by atoms with Crippen molar-refractivity contribution in [3.63, 3.8) is 0 Å². The molecule has 1 aliphatic rings. The second-order valence-corrected chi connectivity index (χ2v) is 4.85. The molecule has 21 heavy (non-hydrogen) atoms. The van der Waals surface area contributed by atoms with Crippen molar-refractivity contribution in [3.05, 3.63) is 35.6 Å². The Morgan fingerprint density at radius 2 is 2.05 bits per heavy atom. The largest absolute Gasteiger partial charge is 0.465 e. The molecule has 5 nitrogen and oxygen atoms in total. The van der Waals surface area contributed by atoms with E-state index in [1.165, 1.54) is 25.2 Å². The van der Waals surface area contributed by atoms with Crippen LogP contribution >= 0.6 is 0 Å². The van der Waals surface area contributed by atoms with E-state index in [1.54, 1.807) is 13.0 Å². The SMILES string of the molecule is CCOC(=O)C1C(=O)N(C)C(=O)CC1c1ccccc1F. The van der Waals surface area contributed by atoms with Gasteiger partial charge in [0.05, 0.1) is 6.61 Å². The van der Waals surface area contributed by atoms with Crippen LogP contribution in [0.3, 0.4) is 0 Å². The normalized spacial score (nSPS) is 22.3. The summed E-state index contributed by atoms with van der Waals surface area (Å²) < 4.78 is 18.9. The third kappa shape index (κ3) is 2.79. The standard InChI is InChI=1S/C15H16FNO4/c1-3-21-15(20)13-10(8-12(18)17(2)14(13)19)9-6-4-5-7-11(9)16/h4-7,10,13H,3,8H2,1-2H3. The maximum atomic E-state index is 14.0. The number of hydrogen-bond donors (Lipinski definition) is 0. The zero-order chi connectivity index (χ0) is 15.6. The lowest BCUT2D eigenvalue weighted by atomic mass is 9.79. The fraction of sp³-hybridized carbons (Fsp3) is 0.400. The molecule has 2 unspecified atom stereocenters. The zero-order valence-electron chi connectivity index (χ0n) is 11.8. The van der Waals surface area contributed by atoms with Crippen molar-refractivity contribution >= 4 is 17.8 Å². The van der Waals surface area contributed by atoms with Gasteiger partial charge < -0.3 is 4.74 Å². The number of hydrogen-bond acceptors (Lipinski definition) is 4. The summed E-state index contributed by atoms with van der Waals surface area (Å²) in [5.41, 5.74) is 0.186. The first-order valence-electron chi connectivity index (χ1n) is 6.68. The molecule has 0 spiro atoms. The van der Waals surface area contributed by atoms with E-state index in [4.69, 9.17) is 4.74 Å². The highest BCUT2D eigenvalue weighted by molar-refractivity contribution is 6.08. The van der Waals surface area contributed by atoms with Gasteiger partial charge in [0.15, 0.2) is 0 Å². The summed E-state index contributed by atoms with van der Waals surface area (Å²) in [6.07, 6.45) is -0.105. The number of piperidine rings is 1. The summed E-state index contributed by atoms with van der Waals surface area (Å²) in [6.45, 7) is 1.74. The van der Waals surface area contributed by atoms with Gasteiger partial charge in [-0.15, -0.1) is 0 Å². The molecule has 0 radical (unpaired) electrons. The van der Waals surface area contributed by atoms with E-state index < -0.39 is 35.4 Å². The number of amides is 2. The van der Waals surface area contributed by atoms with E-state index >= 15 is 0 Å². The van der Waals surface area contributed by atoms with Crippen LogP contribution in [0.5, 0.6) is 0 Å². The molecule has 0 saturated carbocycles. The van der Waals surface area contributed by atoms with Gasteiger partial charge in [-0.3, -0.25) is 19.3 Å². The van der Waals surface area contributed by atoms with E-state index in [-0.39, 0.29) is 18.6 Å². The van der Waals surface area contributed by atoms with Crippen molar-refractivity contribution in [2.75, 3.05) is 13.7 Å². The van der Waals surface area contributed by atoms with E-state index in [0.717, 1.165) is 4.90 Å². The van der Waals surface area contributed by atoms with E-state index in [2.05, 4.69) is 0 Å². The number of halogens is 1. The van der Waals surface area contributed by atoms with Gasteiger partial charge in [0.2, 0.25) is 11.8 Å². The molecule has 0 N–H and O–H groups in total. The third-order valence-electron chi connectivity index (χ3n) is 3.61. The van der Waals surface area contributed by atoms with Crippen LogP contribution < -0.4 is 0 Å². The molecule has 2 amide bonds. The van der Waals surface area contributed by atoms with Gasteiger partial charge in [-0.2, -0.15) is 0 Å². The number of nitrogens with zero attached hydrogens (tertiary/aromatic N) is 1. The van der Waals surface area contributed by atoms with Crippen molar-refractivity contribution in [2.24, 2.45) is 5.92 Å². The summed E-state index contributed by atoms with van der Waals surface area (Å²) >= 11 is 0. The van der Waals surface area contributed by atoms with E-state index in [1.807, 2.05) is 0 Å². The molecular formula is C15H16FNO4. The molecule has 1 aromatic rings. The molecule has 0 bridgehead atoms. The maximum absolute atomic E-state index is 14.0. The summed E-state index contributed by atoms with van der Waals surface area (Å²) in [7, 11) is 1.31. The average Bonchev–Trinajstić information content (AvgIpc) is 2.45. The maximum Gasteiger partial charge on any atom is 0.319 e. The molecular weight excluding hydrogens is 277 g/mol. The van der Waals surface area contributed by atoms with Crippen molar-refractivity contribution in [1.82, 2.24) is 4.90 Å². The molecule has 1 saturated heterocycles. The highest BCUT2D eigenvalue weighted by Crippen LogP contribution is 2.36. The fourth-order valence-electron chi connectivity index (χ4n) is 2.51. The third-order valence-corrected chi connectivity index (χ3v) is 3.61. The summed E-state index contributed by atoms with van der Waals surface area (Å²) in [5, 5.41) is 0. The molecule has 1 heterocycles. The Kier molecular flexibility index (Phi) is 4.35. The Hall–Kier alpha value is -2.24. The minimum absolute atomic E-state index is 0.105. The fourth-order valence-corrected chi connectivity index (χ4v) is 2.51. The number of ether oxygens (including phenoxy) is 1. The molecule has 2 rings (SSSR count). The minimum Gasteiger partial charge on any atom is -0.465 e. The molecule has 0 aromatic heterocycles. The van der Waals surface area contributed by atoms with Crippen molar-refractivity contribution in [2.45, 2.75) is 19.3 Å². The minimum atomic E-state index is -1.19. The Labute approximate surface area is 121 Å². The van der Waals surface area contributed by atoms with Crippen LogP contribution in [0.4, 0.5) is 4.39 Å². The predicted molar refractivity (Wildman–Crippen MR) is 71.7 cm³/mol. The lowest BCUT2D eigenvalue weighted by Gasteiger charge is -2.33. The summed E-state index contributed by atoms with van der Waals surface area (Å²) in [6, 6.07) is 5.84. The quantitative estimate of drug-likeness (QED) is 0.481. The van der Waals surface area contributed by atoms with Crippen LogP contribution in [0.2, 0.25) is 0 Å². The first-order valence-corrected chi connectivity index (χ1v) is 6.68. The average molecular weight is 293 g/mol. The number of benzene rings is 1. The second-order valence-electron chi connectivity index (χ2n) is 4.85. The van der Waals surface area contributed by atoms with Crippen LogP contribution in [0.1, 0.15) is 24.8 Å². The molecule has 2 atom stereocenters. The molecule has 112 valence electrons. The number of rotatable bonds is 3. The highest BCUT2D eigenvalue weighted by Gasteiger charge is 2.46. The Morgan fingerprint density at radius 3 is 2.67 bits per heavy atom. The van der Waals surface area contributed by atoms with Gasteiger partial charge in [0, 0.05) is 19.4 Å². The van der Waals surface area contributed by atoms with Crippen molar-refractivity contribution < 1.29 is 23.5 Å². The van der Waals surface area contributed by atoms with Gasteiger partial charge in [-0.25, -0.2) is 4.39 Å². The van der Waals surface area contributed by atoms with Crippen molar-refractivity contribution in [3.8, 4) is 0 Å². The summed E-state index contributed by atoms with van der Waals surface area (Å²) in [4.78, 5) is 37.0. The Balaban J connectivity index is 2.44. The molecule has 1 fully saturated rings. The van der Waals surface area contributed by atoms with Gasteiger partial charge in [0.25, 0.3) is 0 Å². The monoisotopic (exact) mass is 293 g/mol. The zero-order valence-corrected chi connectivity index (χ0v) is 11.8. The molecule has 0 aliphatic carbocycles. The summed E-state index contributed by atoms with van der Waals surface area (Å²) in [5.74, 6) is -4.38. The smallest absolute Gasteiger partial charge is 0.319 e. The first kappa shape index (κ1) is 15.2. The lowest BCUT2D eigenvalue weighted by molar-refractivity contribution is -0.162. The van der Waals surface area contributed by atoms with Crippen LogP contribution in [-0.4, -0.2) is 36.3 Å². The molecule has 1 aliphatic heterocycles. The van der Waals surface area contributed by atoms with Crippen LogP contribution in [0.25, 0.3) is 0 Å². The van der Waals surface area contributed by atoms with Gasteiger partial charge in [-0.1, -0.05) is 18.2 Å². The number of imide groups is 1. The number of esters is 1. The lowest BCUT2D eigenvalue weighted by Crippen LogP contribution is -2.49. The van der Waals surface area contributed by atoms with Gasteiger partial charge in [-0.05, 0) is 18.6 Å². The number of likely N-dealkylation sites (tertiary alicyclic amines) is 1. The van der Waals surface area contributed by atoms with Crippen LogP contribution in [-0.2, 0) is 19.1 Å². The van der Waals surface area contributed by atoms with E-state index in [9.17, 15) is 18.8 Å².